The van der Waals surface area contributed by atoms with Gasteiger partial charge in [0.15, 0.2) is 5.96 Å². The summed E-state index contributed by atoms with van der Waals surface area (Å²) in [6.07, 6.45) is 7.94. The summed E-state index contributed by atoms with van der Waals surface area (Å²) < 4.78 is 0. The number of carboxylic acid groups (broad SMARTS) is 1. The van der Waals surface area contributed by atoms with Crippen LogP contribution < -0.4 is 11.1 Å². The zero-order valence-electron chi connectivity index (χ0n) is 14.8. The molecule has 132 valence electrons. The number of carbonyl (C=O) groups is 1. The second kappa shape index (κ2) is 5.24. The standard InChI is InChI=1S/C19H29N3O2/c1-18(10-22-17(20)21-2)12-7-6-11-4-3-5-13-8-14(16(23)24)15(9-12)19(11,13)18/h11-13H,3-10H2,1-2H3,(H,23,24)(H3,20,21,22). The van der Waals surface area contributed by atoms with Crippen molar-refractivity contribution in [2.75, 3.05) is 13.6 Å². The lowest BCUT2D eigenvalue weighted by molar-refractivity contribution is -0.132. The maximum absolute atomic E-state index is 11.9. The Morgan fingerprint density at radius 3 is 2.67 bits per heavy atom. The molecule has 3 saturated carbocycles. The van der Waals surface area contributed by atoms with E-state index in [0.29, 0.717) is 23.7 Å². The lowest BCUT2D eigenvalue weighted by Crippen LogP contribution is -2.58. The van der Waals surface area contributed by atoms with E-state index < -0.39 is 5.97 Å². The lowest BCUT2D eigenvalue weighted by Gasteiger charge is -2.59. The number of allylic oxidation sites excluding steroid dienone is 1. The van der Waals surface area contributed by atoms with Gasteiger partial charge in [-0.25, -0.2) is 4.79 Å². The van der Waals surface area contributed by atoms with E-state index in [1.165, 1.54) is 37.7 Å². The molecule has 3 fully saturated rings. The molecule has 0 aromatic carbocycles. The van der Waals surface area contributed by atoms with Gasteiger partial charge in [0.1, 0.15) is 0 Å². The molecule has 4 aliphatic carbocycles. The van der Waals surface area contributed by atoms with E-state index in [9.17, 15) is 9.90 Å². The first-order valence-corrected chi connectivity index (χ1v) is 9.37. The van der Waals surface area contributed by atoms with Crippen molar-refractivity contribution in [1.82, 2.24) is 5.32 Å². The van der Waals surface area contributed by atoms with E-state index in [-0.39, 0.29) is 10.8 Å². The third kappa shape index (κ3) is 1.76. The van der Waals surface area contributed by atoms with Crippen LogP contribution in [0.2, 0.25) is 0 Å². The van der Waals surface area contributed by atoms with E-state index in [4.69, 9.17) is 5.73 Å². The number of carboxylic acids is 1. The van der Waals surface area contributed by atoms with Crippen molar-refractivity contribution in [1.29, 1.82) is 0 Å². The van der Waals surface area contributed by atoms with Gasteiger partial charge < -0.3 is 16.2 Å². The van der Waals surface area contributed by atoms with Gasteiger partial charge in [-0.2, -0.15) is 0 Å². The van der Waals surface area contributed by atoms with Gasteiger partial charge in [-0.15, -0.1) is 0 Å². The quantitative estimate of drug-likeness (QED) is 0.548. The molecular formula is C19H29N3O2. The zero-order chi connectivity index (χ0) is 17.1. The Kier molecular flexibility index (Phi) is 3.49. The average molecular weight is 331 g/mol. The molecule has 0 aromatic rings. The number of hydrogen-bond acceptors (Lipinski definition) is 2. The molecule has 4 rings (SSSR count). The van der Waals surface area contributed by atoms with Gasteiger partial charge in [0.05, 0.1) is 0 Å². The normalized spacial score (nSPS) is 43.8. The number of aliphatic imine (C=N–C) groups is 1. The first-order valence-electron chi connectivity index (χ1n) is 9.37. The summed E-state index contributed by atoms with van der Waals surface area (Å²) in [4.78, 5) is 16.0. The highest BCUT2D eigenvalue weighted by atomic mass is 16.4. The Labute approximate surface area is 143 Å². The monoisotopic (exact) mass is 331 g/mol. The predicted octanol–water partition coefficient (Wildman–Crippen LogP) is 2.53. The second-order valence-electron chi connectivity index (χ2n) is 8.52. The molecule has 5 atom stereocenters. The van der Waals surface area contributed by atoms with Crippen LogP contribution >= 0.6 is 0 Å². The highest BCUT2D eigenvalue weighted by molar-refractivity contribution is 5.89. The van der Waals surface area contributed by atoms with E-state index in [0.717, 1.165) is 25.0 Å². The fourth-order valence-corrected chi connectivity index (χ4v) is 7.21. The minimum atomic E-state index is -0.676. The molecule has 0 amide bonds. The highest BCUT2D eigenvalue weighted by Gasteiger charge is 2.71. The van der Waals surface area contributed by atoms with Gasteiger partial charge in [0.25, 0.3) is 0 Å². The van der Waals surface area contributed by atoms with Crippen LogP contribution in [-0.2, 0) is 4.79 Å². The van der Waals surface area contributed by atoms with Gasteiger partial charge in [0, 0.05) is 24.6 Å². The van der Waals surface area contributed by atoms with Crippen molar-refractivity contribution in [2.45, 2.75) is 51.9 Å². The van der Waals surface area contributed by atoms with Crippen molar-refractivity contribution in [3.8, 4) is 0 Å². The molecule has 0 radical (unpaired) electrons. The molecule has 24 heavy (non-hydrogen) atoms. The minimum absolute atomic E-state index is 0.0862. The molecule has 0 heterocycles. The Balaban J connectivity index is 1.83. The van der Waals surface area contributed by atoms with Crippen molar-refractivity contribution in [3.05, 3.63) is 11.1 Å². The van der Waals surface area contributed by atoms with E-state index >= 15 is 0 Å². The van der Waals surface area contributed by atoms with Gasteiger partial charge in [-0.05, 0) is 61.7 Å². The highest BCUT2D eigenvalue weighted by Crippen LogP contribution is 2.77. The first kappa shape index (κ1) is 16.0. The molecule has 0 saturated heterocycles. The maximum Gasteiger partial charge on any atom is 0.331 e. The third-order valence-corrected chi connectivity index (χ3v) is 8.00. The number of nitrogens with zero attached hydrogens (tertiary/aromatic N) is 1. The summed E-state index contributed by atoms with van der Waals surface area (Å²) in [5.74, 6) is 1.54. The van der Waals surface area contributed by atoms with E-state index in [1.54, 1.807) is 7.05 Å². The SMILES string of the molecule is CN=C(N)NCC1(C)C2CCC3CCCC4CC(C(=O)O)=C(C2)C341. The topological polar surface area (TPSA) is 87.7 Å². The Bertz CT molecular complexity index is 641. The van der Waals surface area contributed by atoms with Crippen LogP contribution in [-0.4, -0.2) is 30.6 Å². The molecule has 4 N–H and O–H groups in total. The molecule has 2 bridgehead atoms. The number of guanidine groups is 1. The smallest absolute Gasteiger partial charge is 0.331 e. The van der Waals surface area contributed by atoms with Crippen LogP contribution in [0.25, 0.3) is 0 Å². The van der Waals surface area contributed by atoms with Gasteiger partial charge in [0.2, 0.25) is 0 Å². The summed E-state index contributed by atoms with van der Waals surface area (Å²) >= 11 is 0. The summed E-state index contributed by atoms with van der Waals surface area (Å²) in [5.41, 5.74) is 8.15. The second-order valence-corrected chi connectivity index (χ2v) is 8.52. The van der Waals surface area contributed by atoms with Crippen molar-refractivity contribution in [2.24, 2.45) is 39.3 Å². The van der Waals surface area contributed by atoms with Gasteiger partial charge in [-0.1, -0.05) is 18.9 Å². The molecule has 5 nitrogen and oxygen atoms in total. The molecule has 1 spiro atoms. The fraction of sp³-hybridized carbons (Fsp3) is 0.789. The Hall–Kier alpha value is -1.52. The average Bonchev–Trinajstić information content (AvgIpc) is 2.93. The first-order chi connectivity index (χ1) is 11.4. The molecular weight excluding hydrogens is 302 g/mol. The Morgan fingerprint density at radius 2 is 1.96 bits per heavy atom. The predicted molar refractivity (Wildman–Crippen MR) is 93.5 cm³/mol. The van der Waals surface area contributed by atoms with E-state index in [2.05, 4.69) is 17.2 Å². The van der Waals surface area contributed by atoms with Crippen LogP contribution in [0.4, 0.5) is 0 Å². The van der Waals surface area contributed by atoms with Crippen LogP contribution in [0.15, 0.2) is 16.1 Å². The van der Waals surface area contributed by atoms with Crippen molar-refractivity contribution in [3.63, 3.8) is 0 Å². The molecule has 5 unspecified atom stereocenters. The summed E-state index contributed by atoms with van der Waals surface area (Å²) in [6, 6.07) is 0. The van der Waals surface area contributed by atoms with Crippen LogP contribution in [0, 0.1) is 28.6 Å². The maximum atomic E-state index is 11.9. The Morgan fingerprint density at radius 1 is 1.25 bits per heavy atom. The summed E-state index contributed by atoms with van der Waals surface area (Å²) in [7, 11) is 1.70. The lowest BCUT2D eigenvalue weighted by atomic mass is 9.45. The fourth-order valence-electron chi connectivity index (χ4n) is 7.21. The molecule has 5 heteroatoms. The van der Waals surface area contributed by atoms with Crippen molar-refractivity contribution >= 4 is 11.9 Å². The number of nitrogens with one attached hydrogen (secondary N) is 1. The number of fused-ring (bicyclic) bond motifs is 1. The molecule has 0 aromatic heterocycles. The zero-order valence-corrected chi connectivity index (χ0v) is 14.8. The summed E-state index contributed by atoms with van der Waals surface area (Å²) in [6.45, 7) is 3.21. The number of nitrogens with two attached hydrogens (primary N) is 1. The third-order valence-electron chi connectivity index (χ3n) is 8.00. The number of rotatable bonds is 3. The number of aliphatic carboxylic acids is 1. The molecule has 0 aliphatic heterocycles. The van der Waals surface area contributed by atoms with Gasteiger partial charge in [-0.3, -0.25) is 4.99 Å². The number of hydrogen-bond donors (Lipinski definition) is 3. The van der Waals surface area contributed by atoms with Crippen LogP contribution in [0.1, 0.15) is 51.9 Å². The van der Waals surface area contributed by atoms with Crippen molar-refractivity contribution < 1.29 is 9.90 Å². The summed E-state index contributed by atoms with van der Waals surface area (Å²) in [5, 5.41) is 13.2. The van der Waals surface area contributed by atoms with E-state index in [1.807, 2.05) is 0 Å². The largest absolute Gasteiger partial charge is 0.478 e. The molecule has 4 aliphatic rings. The minimum Gasteiger partial charge on any atom is -0.478 e. The van der Waals surface area contributed by atoms with Gasteiger partial charge >= 0.3 is 5.97 Å². The van der Waals surface area contributed by atoms with Crippen LogP contribution in [0.3, 0.4) is 0 Å². The van der Waals surface area contributed by atoms with Crippen LogP contribution in [0.5, 0.6) is 0 Å².